The lowest BCUT2D eigenvalue weighted by Gasteiger charge is -1.99. The molecule has 1 heterocycles. The maximum atomic E-state index is 12.2. The van der Waals surface area contributed by atoms with Crippen molar-refractivity contribution in [3.8, 4) is 0 Å². The SMILES string of the molecule is C[C@@H](Cl)c1ccc(F)nc1. The van der Waals surface area contributed by atoms with Crippen molar-refractivity contribution in [1.82, 2.24) is 4.98 Å². The number of nitrogens with zero attached hydrogens (tertiary/aromatic N) is 1. The van der Waals surface area contributed by atoms with Crippen LogP contribution < -0.4 is 0 Å². The molecule has 0 N–H and O–H groups in total. The van der Waals surface area contributed by atoms with Gasteiger partial charge >= 0.3 is 0 Å². The molecule has 0 saturated carbocycles. The largest absolute Gasteiger partial charge is 0.228 e. The Balaban J connectivity index is 2.89. The molecular formula is C7H7ClFN. The van der Waals surface area contributed by atoms with Crippen LogP contribution in [0.15, 0.2) is 18.3 Å². The second-order valence-electron chi connectivity index (χ2n) is 2.03. The molecule has 1 aromatic heterocycles. The van der Waals surface area contributed by atoms with Gasteiger partial charge in [-0.05, 0) is 18.6 Å². The minimum atomic E-state index is -0.471. The highest BCUT2D eigenvalue weighted by atomic mass is 35.5. The molecule has 0 aliphatic heterocycles. The van der Waals surface area contributed by atoms with Crippen molar-refractivity contribution in [3.63, 3.8) is 0 Å². The second kappa shape index (κ2) is 2.97. The molecule has 0 spiro atoms. The van der Waals surface area contributed by atoms with Crippen LogP contribution in [0.5, 0.6) is 0 Å². The van der Waals surface area contributed by atoms with E-state index in [-0.39, 0.29) is 5.38 Å². The van der Waals surface area contributed by atoms with Gasteiger partial charge in [0.05, 0.1) is 5.38 Å². The average molecular weight is 160 g/mol. The fourth-order valence-electron chi connectivity index (χ4n) is 0.623. The zero-order chi connectivity index (χ0) is 7.56. The Kier molecular flexibility index (Phi) is 2.22. The van der Waals surface area contributed by atoms with E-state index in [9.17, 15) is 4.39 Å². The molecule has 0 aliphatic rings. The molecule has 0 aromatic carbocycles. The van der Waals surface area contributed by atoms with Crippen LogP contribution in [0.25, 0.3) is 0 Å². The number of alkyl halides is 1. The third kappa shape index (κ3) is 1.67. The van der Waals surface area contributed by atoms with Crippen molar-refractivity contribution in [2.75, 3.05) is 0 Å². The number of pyridine rings is 1. The van der Waals surface area contributed by atoms with Crippen LogP contribution in [0, 0.1) is 5.95 Å². The molecule has 1 rings (SSSR count). The first-order chi connectivity index (χ1) is 4.70. The van der Waals surface area contributed by atoms with Crippen LogP contribution in [0.2, 0.25) is 0 Å². The number of hydrogen-bond acceptors (Lipinski definition) is 1. The Labute approximate surface area is 63.8 Å². The normalized spacial score (nSPS) is 13.1. The van der Waals surface area contributed by atoms with Gasteiger partial charge in [-0.1, -0.05) is 6.07 Å². The Morgan fingerprint density at radius 2 is 2.30 bits per heavy atom. The molecule has 1 atom stereocenters. The molecule has 0 amide bonds. The predicted octanol–water partition coefficient (Wildman–Crippen LogP) is 2.52. The van der Waals surface area contributed by atoms with Crippen molar-refractivity contribution in [3.05, 3.63) is 29.8 Å². The van der Waals surface area contributed by atoms with Gasteiger partial charge in [-0.2, -0.15) is 4.39 Å². The summed E-state index contributed by atoms with van der Waals surface area (Å²) < 4.78 is 12.2. The van der Waals surface area contributed by atoms with E-state index in [1.807, 2.05) is 6.92 Å². The molecule has 0 aliphatic carbocycles. The highest BCUT2D eigenvalue weighted by molar-refractivity contribution is 6.20. The molecule has 0 unspecified atom stereocenters. The summed E-state index contributed by atoms with van der Waals surface area (Å²) >= 11 is 5.69. The Morgan fingerprint density at radius 3 is 2.70 bits per heavy atom. The smallest absolute Gasteiger partial charge is 0.212 e. The molecule has 1 aromatic rings. The lowest BCUT2D eigenvalue weighted by Crippen LogP contribution is -1.87. The molecule has 10 heavy (non-hydrogen) atoms. The highest BCUT2D eigenvalue weighted by Crippen LogP contribution is 2.17. The average Bonchev–Trinajstić information content (AvgIpc) is 1.88. The highest BCUT2D eigenvalue weighted by Gasteiger charge is 1.99. The van der Waals surface area contributed by atoms with Crippen LogP contribution >= 0.6 is 11.6 Å². The van der Waals surface area contributed by atoms with Gasteiger partial charge < -0.3 is 0 Å². The second-order valence-corrected chi connectivity index (χ2v) is 2.68. The summed E-state index contributed by atoms with van der Waals surface area (Å²) in [5.74, 6) is -0.471. The van der Waals surface area contributed by atoms with Gasteiger partial charge in [0, 0.05) is 6.20 Å². The van der Waals surface area contributed by atoms with E-state index >= 15 is 0 Å². The van der Waals surface area contributed by atoms with Crippen LogP contribution in [-0.4, -0.2) is 4.98 Å². The van der Waals surface area contributed by atoms with Crippen LogP contribution in [0.3, 0.4) is 0 Å². The van der Waals surface area contributed by atoms with Crippen molar-refractivity contribution < 1.29 is 4.39 Å². The fourth-order valence-corrected chi connectivity index (χ4v) is 0.752. The predicted molar refractivity (Wildman–Crippen MR) is 38.5 cm³/mol. The summed E-state index contributed by atoms with van der Waals surface area (Å²) in [5.41, 5.74) is 0.836. The summed E-state index contributed by atoms with van der Waals surface area (Å²) in [6, 6.07) is 2.92. The summed E-state index contributed by atoms with van der Waals surface area (Å²) in [6.07, 6.45) is 1.44. The van der Waals surface area contributed by atoms with Crippen LogP contribution in [0.1, 0.15) is 17.9 Å². The minimum absolute atomic E-state index is 0.104. The lowest BCUT2D eigenvalue weighted by molar-refractivity contribution is 0.582. The molecule has 0 radical (unpaired) electrons. The molecular weight excluding hydrogens is 153 g/mol. The molecule has 0 bridgehead atoms. The summed E-state index contributed by atoms with van der Waals surface area (Å²) in [4.78, 5) is 3.45. The molecule has 0 saturated heterocycles. The molecule has 1 nitrogen and oxygen atoms in total. The monoisotopic (exact) mass is 159 g/mol. The summed E-state index contributed by atoms with van der Waals surface area (Å²) in [7, 11) is 0. The van der Waals surface area contributed by atoms with Gasteiger partial charge in [0.25, 0.3) is 0 Å². The zero-order valence-corrected chi connectivity index (χ0v) is 6.27. The van der Waals surface area contributed by atoms with E-state index in [4.69, 9.17) is 11.6 Å². The third-order valence-electron chi connectivity index (χ3n) is 1.21. The van der Waals surface area contributed by atoms with Gasteiger partial charge in [0.1, 0.15) is 0 Å². The third-order valence-corrected chi connectivity index (χ3v) is 1.46. The molecule has 0 fully saturated rings. The minimum Gasteiger partial charge on any atom is -0.228 e. The van der Waals surface area contributed by atoms with Crippen LogP contribution in [-0.2, 0) is 0 Å². The van der Waals surface area contributed by atoms with Crippen molar-refractivity contribution in [2.24, 2.45) is 0 Å². The van der Waals surface area contributed by atoms with Gasteiger partial charge in [0.2, 0.25) is 5.95 Å². The number of rotatable bonds is 1. The number of halogens is 2. The quantitative estimate of drug-likeness (QED) is 0.453. The maximum absolute atomic E-state index is 12.2. The summed E-state index contributed by atoms with van der Waals surface area (Å²) in [5, 5.41) is -0.104. The van der Waals surface area contributed by atoms with Gasteiger partial charge in [-0.15, -0.1) is 11.6 Å². The fraction of sp³-hybridized carbons (Fsp3) is 0.286. The first kappa shape index (κ1) is 7.48. The molecule has 3 heteroatoms. The first-order valence-corrected chi connectivity index (χ1v) is 3.39. The zero-order valence-electron chi connectivity index (χ0n) is 5.51. The summed E-state index contributed by atoms with van der Waals surface area (Å²) in [6.45, 7) is 1.82. The standard InChI is InChI=1S/C7H7ClFN/c1-5(8)6-2-3-7(9)10-4-6/h2-5H,1H3/t5-/m1/s1. The van der Waals surface area contributed by atoms with E-state index < -0.39 is 5.95 Å². The van der Waals surface area contributed by atoms with Crippen molar-refractivity contribution in [2.45, 2.75) is 12.3 Å². The Bertz CT molecular complexity index is 207. The first-order valence-electron chi connectivity index (χ1n) is 2.95. The maximum Gasteiger partial charge on any atom is 0.212 e. The van der Waals surface area contributed by atoms with E-state index in [1.165, 1.54) is 12.3 Å². The van der Waals surface area contributed by atoms with Crippen molar-refractivity contribution in [1.29, 1.82) is 0 Å². The van der Waals surface area contributed by atoms with Gasteiger partial charge in [-0.3, -0.25) is 0 Å². The number of aromatic nitrogens is 1. The number of hydrogen-bond donors (Lipinski definition) is 0. The topological polar surface area (TPSA) is 12.9 Å². The van der Waals surface area contributed by atoms with Crippen molar-refractivity contribution >= 4 is 11.6 Å². The van der Waals surface area contributed by atoms with E-state index in [0.717, 1.165) is 5.56 Å². The van der Waals surface area contributed by atoms with Gasteiger partial charge in [0.15, 0.2) is 0 Å². The van der Waals surface area contributed by atoms with Crippen LogP contribution in [0.4, 0.5) is 4.39 Å². The Hall–Kier alpha value is -0.630. The van der Waals surface area contributed by atoms with E-state index in [0.29, 0.717) is 0 Å². The van der Waals surface area contributed by atoms with Gasteiger partial charge in [-0.25, -0.2) is 4.98 Å². The van der Waals surface area contributed by atoms with E-state index in [2.05, 4.69) is 4.98 Å². The van der Waals surface area contributed by atoms with E-state index in [1.54, 1.807) is 6.07 Å². The Morgan fingerprint density at radius 1 is 1.60 bits per heavy atom. The molecule has 54 valence electrons. The lowest BCUT2D eigenvalue weighted by atomic mass is 10.2.